The van der Waals surface area contributed by atoms with Gasteiger partial charge in [0.25, 0.3) is 0 Å². The van der Waals surface area contributed by atoms with E-state index in [1.165, 1.54) is 6.33 Å². The smallest absolute Gasteiger partial charge is 0.156 e. The number of aromatic nitrogens is 5. The first-order valence-corrected chi connectivity index (χ1v) is 11.5. The Bertz CT molecular complexity index is 1500. The van der Waals surface area contributed by atoms with Crippen LogP contribution in [-0.2, 0) is 7.05 Å². The number of fused-ring (bicyclic) bond motifs is 2. The zero-order valence-electron chi connectivity index (χ0n) is 19.8. The Morgan fingerprint density at radius 3 is 2.77 bits per heavy atom. The summed E-state index contributed by atoms with van der Waals surface area (Å²) in [6.07, 6.45) is 6.73. The van der Waals surface area contributed by atoms with Crippen LogP contribution in [0.5, 0.6) is 5.75 Å². The summed E-state index contributed by atoms with van der Waals surface area (Å²) in [5.41, 5.74) is 3.43. The van der Waals surface area contributed by atoms with E-state index in [0.29, 0.717) is 45.6 Å². The molecule has 0 saturated heterocycles. The van der Waals surface area contributed by atoms with Gasteiger partial charge in [0.2, 0.25) is 0 Å². The van der Waals surface area contributed by atoms with Crippen molar-refractivity contribution >= 4 is 33.3 Å². The number of nitrogens with one attached hydrogen (secondary N) is 2. The van der Waals surface area contributed by atoms with Gasteiger partial charge in [-0.1, -0.05) is 6.92 Å². The van der Waals surface area contributed by atoms with E-state index in [0.717, 1.165) is 17.7 Å². The molecule has 5 rings (SSSR count). The van der Waals surface area contributed by atoms with E-state index in [-0.39, 0.29) is 6.10 Å². The number of likely N-dealkylation sites (N-methyl/N-ethyl adjacent to an activating group) is 1. The Balaban J connectivity index is 1.62. The predicted molar refractivity (Wildman–Crippen MR) is 135 cm³/mol. The SMILES string of the molecule is CCNC[C@@H](C)Oc1cc(-c2cnn(C)c2)cc2ncnc(Nc3ccc4ncccc4c3F)c12. The fraction of sp³-hybridized carbons (Fsp3) is 0.231. The number of hydrogen-bond acceptors (Lipinski definition) is 7. The second-order valence-electron chi connectivity index (χ2n) is 8.35. The molecule has 2 N–H and O–H groups in total. The number of rotatable bonds is 8. The Hall–Kier alpha value is -4.11. The van der Waals surface area contributed by atoms with Crippen LogP contribution in [0.4, 0.5) is 15.9 Å². The topological polar surface area (TPSA) is 89.8 Å². The van der Waals surface area contributed by atoms with Crippen LogP contribution in [0.2, 0.25) is 0 Å². The minimum Gasteiger partial charge on any atom is -0.489 e. The molecule has 5 aromatic rings. The summed E-state index contributed by atoms with van der Waals surface area (Å²) in [5.74, 6) is 0.676. The van der Waals surface area contributed by atoms with Crippen molar-refractivity contribution in [1.82, 2.24) is 30.0 Å². The maximum Gasteiger partial charge on any atom is 0.156 e. The molecule has 0 saturated carbocycles. The molecule has 3 aromatic heterocycles. The third kappa shape index (κ3) is 4.63. The summed E-state index contributed by atoms with van der Waals surface area (Å²) in [7, 11) is 1.87. The molecule has 0 aliphatic heterocycles. The van der Waals surface area contributed by atoms with Gasteiger partial charge in [0.15, 0.2) is 5.82 Å². The standard InChI is InChI=1S/C26H26FN7O/c1-4-28-12-16(2)35-23-11-17(18-13-32-34(3)14-18)10-22-24(23)26(31-15-30-22)33-21-8-7-20-19(25(21)27)6-5-9-29-20/h5-11,13-16,28H,4,12H2,1-3H3,(H,30,31,33)/t16-/m1/s1. The molecule has 3 heterocycles. The van der Waals surface area contributed by atoms with Crippen LogP contribution in [0.1, 0.15) is 13.8 Å². The van der Waals surface area contributed by atoms with Gasteiger partial charge in [-0.05, 0) is 55.4 Å². The Kier molecular flexibility index (Phi) is 6.24. The van der Waals surface area contributed by atoms with E-state index >= 15 is 4.39 Å². The van der Waals surface area contributed by atoms with Crippen molar-refractivity contribution in [2.45, 2.75) is 20.0 Å². The summed E-state index contributed by atoms with van der Waals surface area (Å²) >= 11 is 0. The van der Waals surface area contributed by atoms with Crippen LogP contribution in [-0.4, -0.2) is 43.9 Å². The summed E-state index contributed by atoms with van der Waals surface area (Å²) < 4.78 is 23.4. The lowest BCUT2D eigenvalue weighted by molar-refractivity contribution is 0.221. The minimum absolute atomic E-state index is 0.112. The number of aryl methyl sites for hydroxylation is 1. The van der Waals surface area contributed by atoms with Crippen LogP contribution >= 0.6 is 0 Å². The molecule has 1 atom stereocenters. The summed E-state index contributed by atoms with van der Waals surface area (Å²) in [4.78, 5) is 13.2. The molecular formula is C26H26FN7O. The van der Waals surface area contributed by atoms with Gasteiger partial charge in [0.1, 0.15) is 24.0 Å². The van der Waals surface area contributed by atoms with Crippen molar-refractivity contribution in [2.75, 3.05) is 18.4 Å². The van der Waals surface area contributed by atoms with Crippen molar-refractivity contribution in [3.63, 3.8) is 0 Å². The van der Waals surface area contributed by atoms with E-state index in [1.54, 1.807) is 41.3 Å². The Morgan fingerprint density at radius 1 is 1.09 bits per heavy atom. The molecule has 0 amide bonds. The first-order valence-electron chi connectivity index (χ1n) is 11.5. The number of hydrogen-bond donors (Lipinski definition) is 2. The third-order valence-electron chi connectivity index (χ3n) is 5.72. The van der Waals surface area contributed by atoms with E-state index in [4.69, 9.17) is 4.74 Å². The predicted octanol–water partition coefficient (Wildman–Crippen LogP) is 4.84. The van der Waals surface area contributed by atoms with Crippen molar-refractivity contribution in [3.05, 3.63) is 67.1 Å². The molecular weight excluding hydrogens is 445 g/mol. The van der Waals surface area contributed by atoms with Crippen molar-refractivity contribution in [1.29, 1.82) is 0 Å². The number of ether oxygens (including phenoxy) is 1. The Labute approximate surface area is 202 Å². The maximum atomic E-state index is 15.3. The summed E-state index contributed by atoms with van der Waals surface area (Å²) in [6, 6.07) is 10.8. The average Bonchev–Trinajstić information content (AvgIpc) is 3.31. The number of benzene rings is 2. The van der Waals surface area contributed by atoms with Crippen molar-refractivity contribution in [3.8, 4) is 16.9 Å². The first kappa shape index (κ1) is 22.7. The van der Waals surface area contributed by atoms with Gasteiger partial charge in [-0.2, -0.15) is 5.10 Å². The fourth-order valence-electron chi connectivity index (χ4n) is 4.03. The molecule has 178 valence electrons. The van der Waals surface area contributed by atoms with E-state index < -0.39 is 5.82 Å². The zero-order chi connectivity index (χ0) is 24.4. The molecule has 8 nitrogen and oxygen atoms in total. The van der Waals surface area contributed by atoms with Gasteiger partial charge >= 0.3 is 0 Å². The van der Waals surface area contributed by atoms with E-state index in [9.17, 15) is 0 Å². The molecule has 0 fully saturated rings. The number of pyridine rings is 1. The molecule has 2 aromatic carbocycles. The third-order valence-corrected chi connectivity index (χ3v) is 5.72. The molecule has 0 spiro atoms. The normalized spacial score (nSPS) is 12.2. The maximum absolute atomic E-state index is 15.3. The minimum atomic E-state index is -0.391. The second kappa shape index (κ2) is 9.63. The lowest BCUT2D eigenvalue weighted by Crippen LogP contribution is -2.28. The molecule has 0 bridgehead atoms. The number of anilines is 2. The van der Waals surface area contributed by atoms with Gasteiger partial charge in [-0.25, -0.2) is 14.4 Å². The second-order valence-corrected chi connectivity index (χ2v) is 8.35. The monoisotopic (exact) mass is 471 g/mol. The van der Waals surface area contributed by atoms with Gasteiger partial charge in [-0.15, -0.1) is 0 Å². The van der Waals surface area contributed by atoms with Gasteiger partial charge < -0.3 is 15.4 Å². The lowest BCUT2D eigenvalue weighted by atomic mass is 10.1. The number of nitrogens with zero attached hydrogens (tertiary/aromatic N) is 5. The first-order chi connectivity index (χ1) is 17.0. The molecule has 35 heavy (non-hydrogen) atoms. The average molecular weight is 472 g/mol. The zero-order valence-corrected chi connectivity index (χ0v) is 19.8. The van der Waals surface area contributed by atoms with Crippen molar-refractivity contribution in [2.24, 2.45) is 7.05 Å². The van der Waals surface area contributed by atoms with Gasteiger partial charge in [0.05, 0.1) is 28.3 Å². The quantitative estimate of drug-likeness (QED) is 0.335. The highest BCUT2D eigenvalue weighted by Gasteiger charge is 2.18. The summed E-state index contributed by atoms with van der Waals surface area (Å²) in [6.45, 7) is 5.57. The highest BCUT2D eigenvalue weighted by molar-refractivity contribution is 5.99. The molecule has 0 aliphatic carbocycles. The number of halogens is 1. The Morgan fingerprint density at radius 2 is 1.97 bits per heavy atom. The molecule has 0 radical (unpaired) electrons. The highest BCUT2D eigenvalue weighted by atomic mass is 19.1. The van der Waals surface area contributed by atoms with E-state index in [2.05, 4.69) is 37.6 Å². The molecule has 0 aliphatic rings. The van der Waals surface area contributed by atoms with Crippen LogP contribution in [0.3, 0.4) is 0 Å². The molecule has 0 unspecified atom stereocenters. The fourth-order valence-corrected chi connectivity index (χ4v) is 4.03. The molecule has 9 heteroatoms. The highest BCUT2D eigenvalue weighted by Crippen LogP contribution is 2.37. The van der Waals surface area contributed by atoms with Crippen molar-refractivity contribution < 1.29 is 9.13 Å². The van der Waals surface area contributed by atoms with Crippen LogP contribution in [0.15, 0.2) is 61.3 Å². The van der Waals surface area contributed by atoms with E-state index in [1.807, 2.05) is 32.3 Å². The van der Waals surface area contributed by atoms with Crippen LogP contribution in [0, 0.1) is 5.82 Å². The van der Waals surface area contributed by atoms with Gasteiger partial charge in [-0.3, -0.25) is 9.67 Å². The van der Waals surface area contributed by atoms with Crippen LogP contribution < -0.4 is 15.4 Å². The van der Waals surface area contributed by atoms with Gasteiger partial charge in [0, 0.05) is 36.9 Å². The lowest BCUT2D eigenvalue weighted by Gasteiger charge is -2.19. The summed E-state index contributed by atoms with van der Waals surface area (Å²) in [5, 5.41) is 11.9. The van der Waals surface area contributed by atoms with Crippen LogP contribution in [0.25, 0.3) is 32.9 Å². The largest absolute Gasteiger partial charge is 0.489 e.